The number of esters is 1. The predicted molar refractivity (Wildman–Crippen MR) is 71.5 cm³/mol. The molecule has 0 spiro atoms. The van der Waals surface area contributed by atoms with Gasteiger partial charge >= 0.3 is 12.1 Å². The van der Waals surface area contributed by atoms with Crippen molar-refractivity contribution in [1.82, 2.24) is 10.2 Å². The van der Waals surface area contributed by atoms with Gasteiger partial charge in [0.2, 0.25) is 0 Å². The number of nitrogens with zero attached hydrogens (tertiary/aromatic N) is 1. The number of methoxy groups -OCH3 is 1. The summed E-state index contributed by atoms with van der Waals surface area (Å²) in [5.74, 6) is -0.450. The zero-order chi connectivity index (χ0) is 15.8. The molecule has 0 aromatic carbocycles. The van der Waals surface area contributed by atoms with Crippen molar-refractivity contribution >= 4 is 5.97 Å². The van der Waals surface area contributed by atoms with E-state index in [1.165, 1.54) is 12.0 Å². The van der Waals surface area contributed by atoms with Gasteiger partial charge in [-0.3, -0.25) is 9.69 Å². The Hall–Kier alpha value is -0.820. The van der Waals surface area contributed by atoms with Gasteiger partial charge in [-0.25, -0.2) is 0 Å². The van der Waals surface area contributed by atoms with E-state index in [0.29, 0.717) is 6.54 Å². The van der Waals surface area contributed by atoms with Crippen LogP contribution in [0.25, 0.3) is 0 Å². The van der Waals surface area contributed by atoms with Gasteiger partial charge < -0.3 is 10.1 Å². The molecular weight excluding hydrogens is 273 g/mol. The molecular formula is C13H25F3N2O2. The van der Waals surface area contributed by atoms with Crippen LogP contribution in [-0.2, 0) is 9.53 Å². The lowest BCUT2D eigenvalue weighted by Crippen LogP contribution is -2.52. The normalized spacial score (nSPS) is 15.2. The first-order valence-electron chi connectivity index (χ1n) is 6.81. The molecule has 0 bridgehead atoms. The Kier molecular flexibility index (Phi) is 8.12. The fraction of sp³-hybridized carbons (Fsp3) is 0.923. The summed E-state index contributed by atoms with van der Waals surface area (Å²) in [7, 11) is 1.28. The topological polar surface area (TPSA) is 41.6 Å². The van der Waals surface area contributed by atoms with E-state index in [-0.39, 0.29) is 19.5 Å². The van der Waals surface area contributed by atoms with Gasteiger partial charge in [0.05, 0.1) is 13.7 Å². The summed E-state index contributed by atoms with van der Waals surface area (Å²) in [6, 6.07) is 0. The number of hydrogen-bond donors (Lipinski definition) is 1. The standard InChI is InChI=1S/C13H25F3N2O2/c1-5-8-17-12(3,11(19)20-4)7-9-18(6-2)10-13(14,15)16/h17H,5-10H2,1-4H3. The van der Waals surface area contributed by atoms with E-state index < -0.39 is 24.2 Å². The van der Waals surface area contributed by atoms with Crippen molar-refractivity contribution in [2.75, 3.05) is 33.3 Å². The Bertz CT molecular complexity index is 298. The molecule has 1 N–H and O–H groups in total. The molecule has 0 aliphatic heterocycles. The molecule has 0 aliphatic carbocycles. The van der Waals surface area contributed by atoms with Crippen LogP contribution in [0.1, 0.15) is 33.6 Å². The minimum atomic E-state index is -4.23. The molecule has 0 saturated heterocycles. The number of ether oxygens (including phenoxy) is 1. The zero-order valence-corrected chi connectivity index (χ0v) is 12.6. The summed E-state index contributed by atoms with van der Waals surface area (Å²) in [6.45, 7) is 5.39. The van der Waals surface area contributed by atoms with Crippen LogP contribution >= 0.6 is 0 Å². The molecule has 1 unspecified atom stereocenters. The second-order valence-corrected chi connectivity index (χ2v) is 4.98. The monoisotopic (exact) mass is 298 g/mol. The molecule has 0 fully saturated rings. The molecule has 0 aromatic heterocycles. The largest absolute Gasteiger partial charge is 0.468 e. The highest BCUT2D eigenvalue weighted by Crippen LogP contribution is 2.18. The fourth-order valence-corrected chi connectivity index (χ4v) is 1.87. The molecule has 0 rings (SSSR count). The van der Waals surface area contributed by atoms with Gasteiger partial charge in [0.15, 0.2) is 0 Å². The third-order valence-electron chi connectivity index (χ3n) is 3.18. The molecule has 0 heterocycles. The SMILES string of the molecule is CCCNC(C)(CCN(CC)CC(F)(F)F)C(=O)OC. The van der Waals surface area contributed by atoms with Gasteiger partial charge in [-0.2, -0.15) is 13.2 Å². The molecule has 7 heteroatoms. The molecule has 4 nitrogen and oxygen atoms in total. The molecule has 0 aromatic rings. The Morgan fingerprint density at radius 3 is 2.30 bits per heavy atom. The maximum absolute atomic E-state index is 12.4. The van der Waals surface area contributed by atoms with Crippen molar-refractivity contribution in [2.24, 2.45) is 0 Å². The number of hydrogen-bond acceptors (Lipinski definition) is 4. The van der Waals surface area contributed by atoms with E-state index in [1.54, 1.807) is 13.8 Å². The van der Waals surface area contributed by atoms with Crippen molar-refractivity contribution in [1.29, 1.82) is 0 Å². The van der Waals surface area contributed by atoms with Crippen LogP contribution in [0.15, 0.2) is 0 Å². The molecule has 120 valence electrons. The summed E-state index contributed by atoms with van der Waals surface area (Å²) in [5, 5.41) is 3.06. The van der Waals surface area contributed by atoms with E-state index in [1.807, 2.05) is 6.92 Å². The number of carbonyl (C=O) groups is 1. The van der Waals surface area contributed by atoms with Gasteiger partial charge in [-0.05, 0) is 32.9 Å². The van der Waals surface area contributed by atoms with Crippen LogP contribution in [-0.4, -0.2) is 55.9 Å². The van der Waals surface area contributed by atoms with Gasteiger partial charge in [-0.15, -0.1) is 0 Å². The minimum Gasteiger partial charge on any atom is -0.468 e. The lowest BCUT2D eigenvalue weighted by molar-refractivity contribution is -0.150. The lowest BCUT2D eigenvalue weighted by atomic mass is 9.97. The Morgan fingerprint density at radius 1 is 1.30 bits per heavy atom. The molecule has 20 heavy (non-hydrogen) atoms. The summed E-state index contributed by atoms with van der Waals surface area (Å²) >= 11 is 0. The first-order chi connectivity index (χ1) is 9.18. The highest BCUT2D eigenvalue weighted by molar-refractivity contribution is 5.80. The Labute approximate surface area is 118 Å². The van der Waals surface area contributed by atoms with E-state index >= 15 is 0 Å². The predicted octanol–water partition coefficient (Wildman–Crippen LogP) is 2.19. The van der Waals surface area contributed by atoms with Crippen LogP contribution in [0.3, 0.4) is 0 Å². The summed E-state index contributed by atoms with van der Waals surface area (Å²) in [4.78, 5) is 13.1. The van der Waals surface area contributed by atoms with Crippen LogP contribution in [0.5, 0.6) is 0 Å². The average molecular weight is 298 g/mol. The summed E-state index contributed by atoms with van der Waals surface area (Å²) in [5.41, 5.74) is -0.955. The number of halogens is 3. The second-order valence-electron chi connectivity index (χ2n) is 4.98. The van der Waals surface area contributed by atoms with Crippen molar-refractivity contribution in [3.8, 4) is 0 Å². The van der Waals surface area contributed by atoms with Crippen LogP contribution in [0.2, 0.25) is 0 Å². The van der Waals surface area contributed by atoms with Crippen LogP contribution in [0.4, 0.5) is 13.2 Å². The van der Waals surface area contributed by atoms with Crippen molar-refractivity contribution in [3.63, 3.8) is 0 Å². The van der Waals surface area contributed by atoms with E-state index in [0.717, 1.165) is 6.42 Å². The highest BCUT2D eigenvalue weighted by Gasteiger charge is 2.35. The smallest absolute Gasteiger partial charge is 0.401 e. The number of carbonyl (C=O) groups excluding carboxylic acids is 1. The van der Waals surface area contributed by atoms with Crippen LogP contribution < -0.4 is 5.32 Å². The zero-order valence-electron chi connectivity index (χ0n) is 12.6. The van der Waals surface area contributed by atoms with Crippen molar-refractivity contribution < 1.29 is 22.7 Å². The van der Waals surface area contributed by atoms with Gasteiger partial charge in [0.25, 0.3) is 0 Å². The second kappa shape index (κ2) is 8.46. The first-order valence-corrected chi connectivity index (χ1v) is 6.81. The van der Waals surface area contributed by atoms with E-state index in [9.17, 15) is 18.0 Å². The summed E-state index contributed by atoms with van der Waals surface area (Å²) in [6.07, 6.45) is -3.13. The summed E-state index contributed by atoms with van der Waals surface area (Å²) < 4.78 is 41.9. The molecule has 0 radical (unpaired) electrons. The minimum absolute atomic E-state index is 0.179. The quantitative estimate of drug-likeness (QED) is 0.663. The molecule has 0 amide bonds. The first kappa shape index (κ1) is 19.2. The molecule has 0 saturated carbocycles. The number of rotatable bonds is 9. The molecule has 1 atom stereocenters. The Morgan fingerprint density at radius 2 is 1.90 bits per heavy atom. The average Bonchev–Trinajstić information content (AvgIpc) is 2.38. The van der Waals surface area contributed by atoms with Gasteiger partial charge in [-0.1, -0.05) is 13.8 Å². The fourth-order valence-electron chi connectivity index (χ4n) is 1.87. The van der Waals surface area contributed by atoms with Gasteiger partial charge in [0.1, 0.15) is 5.54 Å². The van der Waals surface area contributed by atoms with Crippen molar-refractivity contribution in [2.45, 2.75) is 45.3 Å². The number of nitrogens with one attached hydrogen (secondary N) is 1. The molecule has 0 aliphatic rings. The highest BCUT2D eigenvalue weighted by atomic mass is 19.4. The number of alkyl halides is 3. The lowest BCUT2D eigenvalue weighted by Gasteiger charge is -2.31. The van der Waals surface area contributed by atoms with Gasteiger partial charge in [0, 0.05) is 6.54 Å². The maximum atomic E-state index is 12.4. The van der Waals surface area contributed by atoms with Crippen LogP contribution in [0, 0.1) is 0 Å². The van der Waals surface area contributed by atoms with E-state index in [2.05, 4.69) is 5.32 Å². The maximum Gasteiger partial charge on any atom is 0.401 e. The Balaban J connectivity index is 4.61. The third-order valence-corrected chi connectivity index (χ3v) is 3.18. The third kappa shape index (κ3) is 7.09. The van der Waals surface area contributed by atoms with Crippen molar-refractivity contribution in [3.05, 3.63) is 0 Å². The van der Waals surface area contributed by atoms with E-state index in [4.69, 9.17) is 4.74 Å².